The second kappa shape index (κ2) is 7.54. The smallest absolute Gasteiger partial charge is 0.287 e. The molecule has 0 bridgehead atoms. The molecule has 1 atom stereocenters. The van der Waals surface area contributed by atoms with Crippen LogP contribution in [-0.4, -0.2) is 43.7 Å². The minimum absolute atomic E-state index is 0.0880. The molecule has 1 aromatic carbocycles. The standard InChI is InChI=1S/C20H21FN2O4/c1-13-15-11-14(21)4-5-17(15)27-19(13)20(24)22-12-16(18-3-2-8-26-18)23-6-9-25-10-7-23/h2-5,8,11,16H,6-7,9-10,12H2,1H3,(H,22,24)/t16-/m1/s1. The van der Waals surface area contributed by atoms with Gasteiger partial charge in [0.2, 0.25) is 0 Å². The van der Waals surface area contributed by atoms with Crippen molar-refractivity contribution in [1.29, 1.82) is 0 Å². The van der Waals surface area contributed by atoms with Gasteiger partial charge in [-0.3, -0.25) is 9.69 Å². The highest BCUT2D eigenvalue weighted by atomic mass is 19.1. The number of hydrogen-bond acceptors (Lipinski definition) is 5. The molecule has 1 N–H and O–H groups in total. The molecule has 6 nitrogen and oxygen atoms in total. The van der Waals surface area contributed by atoms with Crippen LogP contribution >= 0.6 is 0 Å². The van der Waals surface area contributed by atoms with Gasteiger partial charge in [-0.2, -0.15) is 0 Å². The molecule has 3 aromatic rings. The fourth-order valence-electron chi connectivity index (χ4n) is 3.46. The number of nitrogens with one attached hydrogen (secondary N) is 1. The van der Waals surface area contributed by atoms with Crippen LogP contribution in [0.2, 0.25) is 0 Å². The molecule has 0 saturated carbocycles. The Kier molecular flexibility index (Phi) is 4.96. The Morgan fingerprint density at radius 3 is 2.85 bits per heavy atom. The van der Waals surface area contributed by atoms with Crippen LogP contribution < -0.4 is 5.32 Å². The third-order valence-corrected chi connectivity index (χ3v) is 4.92. The van der Waals surface area contributed by atoms with E-state index in [4.69, 9.17) is 13.6 Å². The van der Waals surface area contributed by atoms with Crippen LogP contribution in [0, 0.1) is 12.7 Å². The molecule has 1 amide bonds. The Labute approximate surface area is 155 Å². The molecule has 27 heavy (non-hydrogen) atoms. The highest BCUT2D eigenvalue weighted by Gasteiger charge is 2.26. The lowest BCUT2D eigenvalue weighted by molar-refractivity contribution is 0.0117. The largest absolute Gasteiger partial charge is 0.468 e. The van der Waals surface area contributed by atoms with Gasteiger partial charge < -0.3 is 18.9 Å². The summed E-state index contributed by atoms with van der Waals surface area (Å²) in [4.78, 5) is 14.9. The summed E-state index contributed by atoms with van der Waals surface area (Å²) in [6.45, 7) is 4.97. The van der Waals surface area contributed by atoms with E-state index in [-0.39, 0.29) is 23.5 Å². The van der Waals surface area contributed by atoms with E-state index in [0.717, 1.165) is 18.8 Å². The number of fused-ring (bicyclic) bond motifs is 1. The number of hydrogen-bond donors (Lipinski definition) is 1. The number of aryl methyl sites for hydroxylation is 1. The van der Waals surface area contributed by atoms with E-state index >= 15 is 0 Å². The number of rotatable bonds is 5. The Morgan fingerprint density at radius 1 is 1.30 bits per heavy atom. The van der Waals surface area contributed by atoms with Gasteiger partial charge in [-0.1, -0.05) is 0 Å². The Balaban J connectivity index is 1.52. The van der Waals surface area contributed by atoms with Crippen LogP contribution in [0.15, 0.2) is 45.4 Å². The summed E-state index contributed by atoms with van der Waals surface area (Å²) in [5.74, 6) is 0.314. The van der Waals surface area contributed by atoms with Crippen molar-refractivity contribution in [3.8, 4) is 0 Å². The van der Waals surface area contributed by atoms with Gasteiger partial charge in [-0.05, 0) is 37.3 Å². The summed E-state index contributed by atoms with van der Waals surface area (Å²) in [6, 6.07) is 7.88. The zero-order valence-electron chi connectivity index (χ0n) is 15.0. The molecule has 0 radical (unpaired) electrons. The number of halogens is 1. The first kappa shape index (κ1) is 17.8. The molecule has 1 aliphatic heterocycles. The lowest BCUT2D eigenvalue weighted by Gasteiger charge is -2.33. The molecule has 1 fully saturated rings. The first-order chi connectivity index (χ1) is 13.1. The zero-order valence-corrected chi connectivity index (χ0v) is 15.0. The lowest BCUT2D eigenvalue weighted by atomic mass is 10.1. The third-order valence-electron chi connectivity index (χ3n) is 4.92. The van der Waals surface area contributed by atoms with Crippen LogP contribution in [0.25, 0.3) is 11.0 Å². The maximum atomic E-state index is 13.5. The van der Waals surface area contributed by atoms with E-state index in [1.165, 1.54) is 18.2 Å². The van der Waals surface area contributed by atoms with Gasteiger partial charge in [0.05, 0.1) is 25.5 Å². The minimum Gasteiger partial charge on any atom is -0.468 e. The highest BCUT2D eigenvalue weighted by molar-refractivity contribution is 5.98. The molecule has 4 rings (SSSR count). The van der Waals surface area contributed by atoms with Gasteiger partial charge in [0.15, 0.2) is 5.76 Å². The summed E-state index contributed by atoms with van der Waals surface area (Å²) in [5.41, 5.74) is 1.12. The Hall–Kier alpha value is -2.64. The second-order valence-electron chi connectivity index (χ2n) is 6.59. The van der Waals surface area contributed by atoms with Crippen LogP contribution in [0.3, 0.4) is 0 Å². The molecule has 142 valence electrons. The van der Waals surface area contributed by atoms with Crippen LogP contribution in [0.5, 0.6) is 0 Å². The van der Waals surface area contributed by atoms with E-state index in [1.54, 1.807) is 13.2 Å². The number of carbonyl (C=O) groups excluding carboxylic acids is 1. The van der Waals surface area contributed by atoms with Gasteiger partial charge in [0.1, 0.15) is 17.2 Å². The van der Waals surface area contributed by atoms with Crippen LogP contribution in [0.1, 0.15) is 27.9 Å². The molecule has 3 heterocycles. The van der Waals surface area contributed by atoms with E-state index in [2.05, 4.69) is 10.2 Å². The van der Waals surface area contributed by atoms with Crippen molar-refractivity contribution in [3.63, 3.8) is 0 Å². The summed E-state index contributed by atoms with van der Waals surface area (Å²) in [5, 5.41) is 3.54. The molecule has 7 heteroatoms. The van der Waals surface area contributed by atoms with Gasteiger partial charge in [0, 0.05) is 30.6 Å². The van der Waals surface area contributed by atoms with Crippen molar-refractivity contribution in [3.05, 3.63) is 59.5 Å². The minimum atomic E-state index is -0.358. The predicted molar refractivity (Wildman–Crippen MR) is 97.1 cm³/mol. The van der Waals surface area contributed by atoms with Crippen molar-refractivity contribution in [2.75, 3.05) is 32.8 Å². The summed E-state index contributed by atoms with van der Waals surface area (Å²) in [6.07, 6.45) is 1.63. The van der Waals surface area contributed by atoms with Crippen molar-refractivity contribution in [2.24, 2.45) is 0 Å². The molecule has 1 saturated heterocycles. The number of ether oxygens (including phenoxy) is 1. The van der Waals surface area contributed by atoms with E-state index in [9.17, 15) is 9.18 Å². The molecule has 0 spiro atoms. The van der Waals surface area contributed by atoms with E-state index < -0.39 is 0 Å². The fraction of sp³-hybridized carbons (Fsp3) is 0.350. The summed E-state index contributed by atoms with van der Waals surface area (Å²) >= 11 is 0. The first-order valence-electron chi connectivity index (χ1n) is 8.95. The lowest BCUT2D eigenvalue weighted by Crippen LogP contribution is -2.43. The fourth-order valence-corrected chi connectivity index (χ4v) is 3.46. The monoisotopic (exact) mass is 372 g/mol. The topological polar surface area (TPSA) is 67.9 Å². The van der Waals surface area contributed by atoms with Gasteiger partial charge in [0.25, 0.3) is 5.91 Å². The second-order valence-corrected chi connectivity index (χ2v) is 6.59. The number of benzene rings is 1. The van der Waals surface area contributed by atoms with Gasteiger partial charge >= 0.3 is 0 Å². The molecule has 0 aliphatic carbocycles. The van der Waals surface area contributed by atoms with Gasteiger partial charge in [-0.15, -0.1) is 0 Å². The van der Waals surface area contributed by atoms with Crippen molar-refractivity contribution in [2.45, 2.75) is 13.0 Å². The SMILES string of the molecule is Cc1c(C(=O)NC[C@H](c2ccco2)N2CCOCC2)oc2ccc(F)cc12. The van der Waals surface area contributed by atoms with E-state index in [0.29, 0.717) is 36.3 Å². The number of morpholine rings is 1. The van der Waals surface area contributed by atoms with Crippen LogP contribution in [0.4, 0.5) is 4.39 Å². The third kappa shape index (κ3) is 3.61. The molecule has 0 unspecified atom stereocenters. The quantitative estimate of drug-likeness (QED) is 0.744. The normalized spacial score (nSPS) is 16.5. The maximum absolute atomic E-state index is 13.5. The van der Waals surface area contributed by atoms with Crippen molar-refractivity contribution < 1.29 is 22.8 Å². The van der Waals surface area contributed by atoms with Crippen molar-refractivity contribution >= 4 is 16.9 Å². The van der Waals surface area contributed by atoms with Gasteiger partial charge in [-0.25, -0.2) is 4.39 Å². The predicted octanol–water partition coefficient (Wildman–Crippen LogP) is 3.28. The Morgan fingerprint density at radius 2 is 2.11 bits per heavy atom. The highest BCUT2D eigenvalue weighted by Crippen LogP contribution is 2.26. The number of nitrogens with zero attached hydrogens (tertiary/aromatic N) is 1. The average molecular weight is 372 g/mol. The first-order valence-corrected chi connectivity index (χ1v) is 8.95. The summed E-state index contributed by atoms with van der Waals surface area (Å²) in [7, 11) is 0. The van der Waals surface area contributed by atoms with Crippen LogP contribution in [-0.2, 0) is 4.74 Å². The molecular formula is C20H21FN2O4. The zero-order chi connectivity index (χ0) is 18.8. The molecular weight excluding hydrogens is 351 g/mol. The number of amides is 1. The molecule has 1 aliphatic rings. The maximum Gasteiger partial charge on any atom is 0.287 e. The number of carbonyl (C=O) groups is 1. The average Bonchev–Trinajstić information content (AvgIpc) is 3.32. The Bertz CT molecular complexity index is 929. The van der Waals surface area contributed by atoms with E-state index in [1.807, 2.05) is 12.1 Å². The number of furan rings is 2. The molecule has 2 aromatic heterocycles. The summed E-state index contributed by atoms with van der Waals surface area (Å²) < 4.78 is 30.1. The van der Waals surface area contributed by atoms with Crippen molar-refractivity contribution in [1.82, 2.24) is 10.2 Å².